The molecule has 0 atom stereocenters. The molecule has 0 aliphatic heterocycles. The molecule has 0 heterocycles. The molecule has 0 bridgehead atoms. The molecule has 0 aliphatic rings. The third-order valence-electron chi connectivity index (χ3n) is 4.34. The van der Waals surface area contributed by atoms with Crippen molar-refractivity contribution in [2.45, 2.75) is 72.6 Å². The third kappa shape index (κ3) is 5.21. The van der Waals surface area contributed by atoms with Crippen molar-refractivity contribution >= 4 is 11.9 Å². The van der Waals surface area contributed by atoms with E-state index in [4.69, 9.17) is 5.11 Å². The highest BCUT2D eigenvalue weighted by Crippen LogP contribution is 2.33. The maximum atomic E-state index is 11.3. The van der Waals surface area contributed by atoms with Crippen LogP contribution in [0.1, 0.15) is 72.6 Å². The van der Waals surface area contributed by atoms with Crippen LogP contribution >= 0.6 is 0 Å². The summed E-state index contributed by atoms with van der Waals surface area (Å²) in [7, 11) is 0. The lowest BCUT2D eigenvalue weighted by molar-refractivity contribution is -0.150. The van der Waals surface area contributed by atoms with E-state index in [0.29, 0.717) is 25.7 Å². The lowest BCUT2D eigenvalue weighted by Gasteiger charge is -2.26. The second-order valence-corrected chi connectivity index (χ2v) is 6.04. The lowest BCUT2D eigenvalue weighted by Crippen LogP contribution is -2.29. The lowest BCUT2D eigenvalue weighted by atomic mass is 9.77. The van der Waals surface area contributed by atoms with Crippen molar-refractivity contribution in [2.75, 3.05) is 0 Å². The number of rotatable bonds is 10. The van der Waals surface area contributed by atoms with Gasteiger partial charge >= 0.3 is 11.9 Å². The Kier molecular flexibility index (Phi) is 7.09. The van der Waals surface area contributed by atoms with Crippen LogP contribution < -0.4 is 0 Å². The Morgan fingerprint density at radius 2 is 1.32 bits per heavy atom. The molecule has 0 saturated heterocycles. The number of hydrogen-bond donors (Lipinski definition) is 2. The highest BCUT2D eigenvalue weighted by molar-refractivity contribution is 5.74. The van der Waals surface area contributed by atoms with Crippen molar-refractivity contribution in [3.63, 3.8) is 0 Å². The van der Waals surface area contributed by atoms with E-state index in [9.17, 15) is 14.7 Å². The molecule has 0 aromatic heterocycles. The average molecular weight is 272 g/mol. The van der Waals surface area contributed by atoms with Crippen molar-refractivity contribution in [1.29, 1.82) is 0 Å². The van der Waals surface area contributed by atoms with Crippen molar-refractivity contribution in [2.24, 2.45) is 10.8 Å². The van der Waals surface area contributed by atoms with Gasteiger partial charge in [0.15, 0.2) is 0 Å². The number of carboxylic acids is 2. The van der Waals surface area contributed by atoms with E-state index in [1.807, 2.05) is 13.8 Å². The smallest absolute Gasteiger partial charge is 0.309 e. The van der Waals surface area contributed by atoms with E-state index in [-0.39, 0.29) is 0 Å². The minimum Gasteiger partial charge on any atom is -0.481 e. The van der Waals surface area contributed by atoms with Crippen LogP contribution in [0.25, 0.3) is 0 Å². The van der Waals surface area contributed by atoms with E-state index in [0.717, 1.165) is 19.3 Å². The molecule has 0 aliphatic carbocycles. The maximum absolute atomic E-state index is 11.3. The van der Waals surface area contributed by atoms with Crippen molar-refractivity contribution < 1.29 is 19.8 Å². The summed E-state index contributed by atoms with van der Waals surface area (Å²) in [6, 6.07) is 0. The first-order valence-corrected chi connectivity index (χ1v) is 7.18. The summed E-state index contributed by atoms with van der Waals surface area (Å²) < 4.78 is 0. The van der Waals surface area contributed by atoms with Crippen LogP contribution in [0.15, 0.2) is 0 Å². The molecule has 112 valence electrons. The van der Waals surface area contributed by atoms with Crippen LogP contribution in [0.3, 0.4) is 0 Å². The molecule has 0 saturated carbocycles. The zero-order chi connectivity index (χ0) is 15.1. The minimum absolute atomic E-state index is 0.595. The molecule has 0 amide bonds. The molecule has 0 aromatic carbocycles. The first-order valence-electron chi connectivity index (χ1n) is 7.18. The molecular weight excluding hydrogens is 244 g/mol. The number of carboxylic acid groups (broad SMARTS) is 2. The van der Waals surface area contributed by atoms with Gasteiger partial charge in [-0.15, -0.1) is 0 Å². The second kappa shape index (κ2) is 7.51. The van der Waals surface area contributed by atoms with Crippen LogP contribution in [0, 0.1) is 10.8 Å². The van der Waals surface area contributed by atoms with Gasteiger partial charge in [-0.25, -0.2) is 0 Å². The molecule has 0 radical (unpaired) electrons. The topological polar surface area (TPSA) is 74.6 Å². The zero-order valence-electron chi connectivity index (χ0n) is 12.7. The monoisotopic (exact) mass is 272 g/mol. The molecule has 4 heteroatoms. The van der Waals surface area contributed by atoms with E-state index in [1.165, 1.54) is 0 Å². The molecule has 0 unspecified atom stereocenters. The van der Waals surface area contributed by atoms with E-state index >= 15 is 0 Å². The Morgan fingerprint density at radius 1 is 0.842 bits per heavy atom. The van der Waals surface area contributed by atoms with Gasteiger partial charge in [-0.05, 0) is 39.5 Å². The third-order valence-corrected chi connectivity index (χ3v) is 4.34. The molecule has 4 nitrogen and oxygen atoms in total. The zero-order valence-corrected chi connectivity index (χ0v) is 12.7. The molecular formula is C15H28O4. The van der Waals surface area contributed by atoms with Gasteiger partial charge in [0.2, 0.25) is 0 Å². The van der Waals surface area contributed by atoms with Gasteiger partial charge in [0.25, 0.3) is 0 Å². The van der Waals surface area contributed by atoms with Crippen LogP contribution in [0.2, 0.25) is 0 Å². The molecule has 0 spiro atoms. The Bertz CT molecular complexity index is 303. The van der Waals surface area contributed by atoms with Crippen LogP contribution in [-0.2, 0) is 9.59 Å². The minimum atomic E-state index is -0.769. The van der Waals surface area contributed by atoms with E-state index in [2.05, 4.69) is 0 Å². The normalized spacial score (nSPS) is 12.4. The largest absolute Gasteiger partial charge is 0.481 e. The molecule has 2 N–H and O–H groups in total. The standard InChI is InChI=1S/C15H28O4/c1-5-15(6-2,13(18)19)11-9-7-8-10-14(3,4)12(16)17/h5-11H2,1-4H3,(H,16,17)(H,18,19). The fraction of sp³-hybridized carbons (Fsp3) is 0.867. The second-order valence-electron chi connectivity index (χ2n) is 6.04. The van der Waals surface area contributed by atoms with E-state index < -0.39 is 22.8 Å². The SMILES string of the molecule is CCC(CC)(CCCCCC(C)(C)C(=O)O)C(=O)O. The highest BCUT2D eigenvalue weighted by Gasteiger charge is 2.34. The number of hydrogen-bond acceptors (Lipinski definition) is 2. The molecule has 0 aromatic rings. The predicted molar refractivity (Wildman–Crippen MR) is 75.2 cm³/mol. The Morgan fingerprint density at radius 3 is 1.68 bits per heavy atom. The average Bonchev–Trinajstić information content (AvgIpc) is 2.33. The summed E-state index contributed by atoms with van der Waals surface area (Å²) in [5.41, 5.74) is -1.28. The fourth-order valence-corrected chi connectivity index (χ4v) is 2.33. The van der Waals surface area contributed by atoms with Gasteiger partial charge in [0.1, 0.15) is 0 Å². The Balaban J connectivity index is 4.10. The van der Waals surface area contributed by atoms with Gasteiger partial charge in [0, 0.05) is 0 Å². The number of aliphatic carboxylic acids is 2. The Labute approximate surface area is 116 Å². The summed E-state index contributed by atoms with van der Waals surface area (Å²) in [5.74, 6) is -1.47. The van der Waals surface area contributed by atoms with Crippen LogP contribution in [0.4, 0.5) is 0 Å². The van der Waals surface area contributed by atoms with E-state index in [1.54, 1.807) is 13.8 Å². The maximum Gasteiger partial charge on any atom is 0.309 e. The quantitative estimate of drug-likeness (QED) is 0.591. The van der Waals surface area contributed by atoms with Crippen molar-refractivity contribution in [1.82, 2.24) is 0 Å². The summed E-state index contributed by atoms with van der Waals surface area (Å²) in [5, 5.41) is 18.3. The van der Waals surface area contributed by atoms with Crippen molar-refractivity contribution in [3.05, 3.63) is 0 Å². The van der Waals surface area contributed by atoms with Gasteiger partial charge in [-0.2, -0.15) is 0 Å². The van der Waals surface area contributed by atoms with Gasteiger partial charge in [-0.1, -0.05) is 33.1 Å². The molecule has 19 heavy (non-hydrogen) atoms. The predicted octanol–water partition coefficient (Wildman–Crippen LogP) is 3.94. The Hall–Kier alpha value is -1.06. The van der Waals surface area contributed by atoms with Crippen LogP contribution in [0.5, 0.6) is 0 Å². The first-order chi connectivity index (χ1) is 8.72. The molecule has 0 rings (SSSR count). The number of carbonyl (C=O) groups is 2. The highest BCUT2D eigenvalue weighted by atomic mass is 16.4. The van der Waals surface area contributed by atoms with Gasteiger partial charge in [0.05, 0.1) is 10.8 Å². The van der Waals surface area contributed by atoms with Gasteiger partial charge in [-0.3, -0.25) is 9.59 Å². The summed E-state index contributed by atoms with van der Waals surface area (Å²) in [6.45, 7) is 7.31. The summed E-state index contributed by atoms with van der Waals surface area (Å²) in [6.07, 6.45) is 5.21. The van der Waals surface area contributed by atoms with Crippen molar-refractivity contribution in [3.8, 4) is 0 Å². The van der Waals surface area contributed by atoms with Crippen LogP contribution in [-0.4, -0.2) is 22.2 Å². The first kappa shape index (κ1) is 17.9. The summed E-state index contributed by atoms with van der Waals surface area (Å²) in [4.78, 5) is 22.3. The fourth-order valence-electron chi connectivity index (χ4n) is 2.33. The number of unbranched alkanes of at least 4 members (excludes halogenated alkanes) is 2. The molecule has 0 fully saturated rings. The van der Waals surface area contributed by atoms with Gasteiger partial charge < -0.3 is 10.2 Å². The summed E-state index contributed by atoms with van der Waals surface area (Å²) >= 11 is 0.